The Morgan fingerprint density at radius 3 is 2.94 bits per heavy atom. The van der Waals surface area contributed by atoms with E-state index in [1.165, 1.54) is 0 Å². The Hall–Kier alpha value is -2.17. The number of imidazole rings is 1. The highest BCUT2D eigenvalue weighted by molar-refractivity contribution is 5.95. The quantitative estimate of drug-likeness (QED) is 0.616. The first-order chi connectivity index (χ1) is 8.22. The smallest absolute Gasteiger partial charge is 0.138 e. The van der Waals surface area contributed by atoms with Crippen molar-refractivity contribution >= 4 is 5.84 Å². The molecule has 5 heteroatoms. The Kier molecular flexibility index (Phi) is 3.18. The topological polar surface area (TPSA) is 80.6 Å². The number of nitrogens with zero attached hydrogens (tertiary/aromatic N) is 3. The Balaban J connectivity index is 2.42. The molecule has 0 saturated carbocycles. The van der Waals surface area contributed by atoms with Gasteiger partial charge in [0, 0.05) is 30.6 Å². The van der Waals surface area contributed by atoms with Gasteiger partial charge in [0.25, 0.3) is 0 Å². The van der Waals surface area contributed by atoms with E-state index in [1.807, 2.05) is 10.8 Å². The molecule has 2 aromatic rings. The predicted molar refractivity (Wildman–Crippen MR) is 66.4 cm³/mol. The molecule has 2 aromatic heterocycles. The van der Waals surface area contributed by atoms with Crippen molar-refractivity contribution in [3.8, 4) is 5.82 Å². The average molecular weight is 229 g/mol. The third-order valence-corrected chi connectivity index (χ3v) is 2.49. The van der Waals surface area contributed by atoms with Crippen molar-refractivity contribution in [2.24, 2.45) is 5.73 Å². The van der Waals surface area contributed by atoms with E-state index in [0.29, 0.717) is 5.56 Å². The first-order valence-corrected chi connectivity index (χ1v) is 5.55. The summed E-state index contributed by atoms with van der Waals surface area (Å²) in [6.45, 7) is 2.11. The van der Waals surface area contributed by atoms with Crippen molar-refractivity contribution in [3.05, 3.63) is 42.1 Å². The van der Waals surface area contributed by atoms with Crippen molar-refractivity contribution in [3.63, 3.8) is 0 Å². The molecular formula is C12H15N5. The minimum absolute atomic E-state index is 0.0470. The molecule has 2 rings (SSSR count). The lowest BCUT2D eigenvalue weighted by Gasteiger charge is -2.07. The molecule has 0 fully saturated rings. The molecule has 0 aliphatic heterocycles. The average Bonchev–Trinajstić information content (AvgIpc) is 2.78. The Labute approximate surface area is 99.8 Å². The van der Waals surface area contributed by atoms with Gasteiger partial charge in [-0.1, -0.05) is 6.92 Å². The fourth-order valence-corrected chi connectivity index (χ4v) is 1.67. The van der Waals surface area contributed by atoms with Crippen molar-refractivity contribution < 1.29 is 0 Å². The van der Waals surface area contributed by atoms with E-state index in [0.717, 1.165) is 24.5 Å². The number of rotatable bonds is 4. The van der Waals surface area contributed by atoms with Crippen LogP contribution in [-0.4, -0.2) is 20.4 Å². The van der Waals surface area contributed by atoms with Gasteiger partial charge >= 0.3 is 0 Å². The van der Waals surface area contributed by atoms with Crippen LogP contribution in [0.4, 0.5) is 0 Å². The molecule has 5 nitrogen and oxygen atoms in total. The van der Waals surface area contributed by atoms with E-state index < -0.39 is 0 Å². The lowest BCUT2D eigenvalue weighted by molar-refractivity contribution is 0.798. The van der Waals surface area contributed by atoms with Crippen LogP contribution in [0, 0.1) is 5.41 Å². The summed E-state index contributed by atoms with van der Waals surface area (Å²) in [5.74, 6) is 1.77. The maximum atomic E-state index is 7.42. The second-order valence-corrected chi connectivity index (χ2v) is 3.78. The minimum Gasteiger partial charge on any atom is -0.384 e. The van der Waals surface area contributed by atoms with Crippen LogP contribution in [0.3, 0.4) is 0 Å². The van der Waals surface area contributed by atoms with Gasteiger partial charge in [-0.15, -0.1) is 0 Å². The van der Waals surface area contributed by atoms with Crippen LogP contribution in [0.5, 0.6) is 0 Å². The van der Waals surface area contributed by atoms with Gasteiger partial charge in [-0.25, -0.2) is 9.97 Å². The van der Waals surface area contributed by atoms with Crippen LogP contribution in [0.2, 0.25) is 0 Å². The summed E-state index contributed by atoms with van der Waals surface area (Å²) < 4.78 is 1.93. The highest BCUT2D eigenvalue weighted by atomic mass is 15.1. The molecule has 0 spiro atoms. The molecule has 0 aliphatic rings. The third-order valence-electron chi connectivity index (χ3n) is 2.49. The monoisotopic (exact) mass is 229 g/mol. The van der Waals surface area contributed by atoms with Crippen LogP contribution in [0.25, 0.3) is 5.82 Å². The van der Waals surface area contributed by atoms with Crippen molar-refractivity contribution in [1.82, 2.24) is 14.5 Å². The molecule has 0 aliphatic carbocycles. The zero-order chi connectivity index (χ0) is 12.3. The molecule has 3 N–H and O–H groups in total. The summed E-state index contributed by atoms with van der Waals surface area (Å²) in [5.41, 5.74) is 6.14. The number of pyridine rings is 1. The summed E-state index contributed by atoms with van der Waals surface area (Å²) in [7, 11) is 0. The lowest BCUT2D eigenvalue weighted by atomic mass is 10.2. The maximum absolute atomic E-state index is 7.42. The molecule has 0 saturated heterocycles. The summed E-state index contributed by atoms with van der Waals surface area (Å²) in [6, 6.07) is 3.52. The molecule has 17 heavy (non-hydrogen) atoms. The van der Waals surface area contributed by atoms with Gasteiger partial charge in [-0.2, -0.15) is 0 Å². The van der Waals surface area contributed by atoms with Gasteiger partial charge in [-0.3, -0.25) is 9.98 Å². The van der Waals surface area contributed by atoms with Crippen LogP contribution < -0.4 is 5.73 Å². The maximum Gasteiger partial charge on any atom is 0.138 e. The number of aromatic nitrogens is 3. The lowest BCUT2D eigenvalue weighted by Crippen LogP contribution is -2.12. The summed E-state index contributed by atoms with van der Waals surface area (Å²) >= 11 is 0. The number of amidine groups is 1. The molecule has 2 heterocycles. The van der Waals surface area contributed by atoms with Gasteiger partial charge in [0.05, 0.1) is 0 Å². The largest absolute Gasteiger partial charge is 0.384 e. The second kappa shape index (κ2) is 4.78. The normalized spacial score (nSPS) is 10.4. The molecule has 0 bridgehead atoms. The highest BCUT2D eigenvalue weighted by Gasteiger charge is 2.06. The first-order valence-electron chi connectivity index (χ1n) is 5.55. The molecular weight excluding hydrogens is 214 g/mol. The number of aryl methyl sites for hydroxylation is 1. The number of nitrogens with one attached hydrogen (secondary N) is 1. The van der Waals surface area contributed by atoms with Crippen LogP contribution in [0.1, 0.15) is 24.7 Å². The van der Waals surface area contributed by atoms with E-state index >= 15 is 0 Å². The molecule has 0 amide bonds. The van der Waals surface area contributed by atoms with Gasteiger partial charge in [-0.05, 0) is 18.6 Å². The van der Waals surface area contributed by atoms with Crippen molar-refractivity contribution in [2.45, 2.75) is 19.8 Å². The highest BCUT2D eigenvalue weighted by Crippen LogP contribution is 2.11. The van der Waals surface area contributed by atoms with Gasteiger partial charge in [0.2, 0.25) is 0 Å². The molecule has 0 atom stereocenters. The van der Waals surface area contributed by atoms with Gasteiger partial charge in [0.1, 0.15) is 17.5 Å². The van der Waals surface area contributed by atoms with E-state index in [1.54, 1.807) is 24.5 Å². The van der Waals surface area contributed by atoms with Crippen molar-refractivity contribution in [2.75, 3.05) is 0 Å². The zero-order valence-electron chi connectivity index (χ0n) is 9.72. The van der Waals surface area contributed by atoms with Crippen LogP contribution >= 0.6 is 0 Å². The van der Waals surface area contributed by atoms with Gasteiger partial charge < -0.3 is 5.73 Å². The summed E-state index contributed by atoms with van der Waals surface area (Å²) in [5, 5.41) is 7.42. The Morgan fingerprint density at radius 2 is 2.24 bits per heavy atom. The number of nitrogen functional groups attached to an aromatic ring is 1. The molecule has 0 aromatic carbocycles. The second-order valence-electron chi connectivity index (χ2n) is 3.78. The van der Waals surface area contributed by atoms with E-state index in [4.69, 9.17) is 11.1 Å². The zero-order valence-corrected chi connectivity index (χ0v) is 9.72. The van der Waals surface area contributed by atoms with Gasteiger partial charge in [0.15, 0.2) is 0 Å². The summed E-state index contributed by atoms with van der Waals surface area (Å²) in [4.78, 5) is 8.57. The third kappa shape index (κ3) is 2.33. The number of nitrogens with two attached hydrogens (primary N) is 1. The number of hydrogen-bond donors (Lipinski definition) is 2. The standard InChI is InChI=1S/C12H15N5/c1-2-3-10-16-6-7-17(10)11-8-9(12(13)14)4-5-15-11/h4-8H,2-3H2,1H3,(H3,13,14). The SMILES string of the molecule is CCCc1nccn1-c1cc(C(=N)N)ccn1. The van der Waals surface area contributed by atoms with Crippen molar-refractivity contribution in [1.29, 1.82) is 5.41 Å². The van der Waals surface area contributed by atoms with E-state index in [2.05, 4.69) is 16.9 Å². The fourth-order valence-electron chi connectivity index (χ4n) is 1.67. The number of hydrogen-bond acceptors (Lipinski definition) is 3. The van der Waals surface area contributed by atoms with E-state index in [-0.39, 0.29) is 5.84 Å². The first kappa shape index (κ1) is 11.3. The molecule has 0 unspecified atom stereocenters. The Bertz CT molecular complexity index is 529. The van der Waals surface area contributed by atoms with E-state index in [9.17, 15) is 0 Å². The van der Waals surface area contributed by atoms with Crippen LogP contribution in [-0.2, 0) is 6.42 Å². The fraction of sp³-hybridized carbons (Fsp3) is 0.250. The Morgan fingerprint density at radius 1 is 1.41 bits per heavy atom. The minimum atomic E-state index is 0.0470. The van der Waals surface area contributed by atoms with Crippen LogP contribution in [0.15, 0.2) is 30.7 Å². The predicted octanol–water partition coefficient (Wildman–Crippen LogP) is 1.50. The molecule has 88 valence electrons. The summed E-state index contributed by atoms with van der Waals surface area (Å²) in [6.07, 6.45) is 7.22. The molecule has 0 radical (unpaired) electrons.